The number of nitrogens with zero attached hydrogens (tertiary/aromatic N) is 1. The van der Waals surface area contributed by atoms with E-state index in [1.807, 2.05) is 0 Å². The van der Waals surface area contributed by atoms with Crippen LogP contribution in [-0.4, -0.2) is 18.2 Å². The SMILES string of the molecule is N#Cc1ccc(NC(=O)N[C@H]2CC[C@H](Oc3ccc(C(F)(F)F)cc3)CC2)cc1F. The van der Waals surface area contributed by atoms with Crippen LogP contribution in [0.2, 0.25) is 0 Å². The zero-order chi connectivity index (χ0) is 21.7. The van der Waals surface area contributed by atoms with Crippen LogP contribution in [0.25, 0.3) is 0 Å². The fraction of sp³-hybridized carbons (Fsp3) is 0.333. The number of anilines is 1. The van der Waals surface area contributed by atoms with Gasteiger partial charge in [0.05, 0.1) is 17.2 Å². The van der Waals surface area contributed by atoms with Crippen LogP contribution in [0.4, 0.5) is 28.0 Å². The van der Waals surface area contributed by atoms with E-state index in [4.69, 9.17) is 10.00 Å². The molecule has 1 aliphatic carbocycles. The van der Waals surface area contributed by atoms with Gasteiger partial charge in [0.1, 0.15) is 17.6 Å². The molecule has 0 spiro atoms. The summed E-state index contributed by atoms with van der Waals surface area (Å²) >= 11 is 0. The number of carbonyl (C=O) groups excluding carboxylic acids is 1. The Balaban J connectivity index is 1.44. The molecule has 0 bridgehead atoms. The number of urea groups is 1. The highest BCUT2D eigenvalue weighted by Gasteiger charge is 2.30. The summed E-state index contributed by atoms with van der Waals surface area (Å²) in [7, 11) is 0. The van der Waals surface area contributed by atoms with Crippen LogP contribution in [0.15, 0.2) is 42.5 Å². The maximum Gasteiger partial charge on any atom is 0.416 e. The first-order valence-electron chi connectivity index (χ1n) is 9.35. The lowest BCUT2D eigenvalue weighted by molar-refractivity contribution is -0.137. The molecule has 0 heterocycles. The van der Waals surface area contributed by atoms with E-state index in [9.17, 15) is 22.4 Å². The third-order valence-electron chi connectivity index (χ3n) is 4.84. The molecule has 2 amide bonds. The van der Waals surface area contributed by atoms with Crippen LogP contribution in [0, 0.1) is 17.1 Å². The van der Waals surface area contributed by atoms with Gasteiger partial charge in [-0.25, -0.2) is 9.18 Å². The first kappa shape index (κ1) is 21.4. The highest BCUT2D eigenvalue weighted by atomic mass is 19.4. The van der Waals surface area contributed by atoms with E-state index in [0.29, 0.717) is 31.4 Å². The molecule has 5 nitrogen and oxygen atoms in total. The van der Waals surface area contributed by atoms with Crippen LogP contribution >= 0.6 is 0 Å². The molecular weight excluding hydrogens is 402 g/mol. The van der Waals surface area contributed by atoms with Gasteiger partial charge in [-0.15, -0.1) is 0 Å². The molecule has 1 saturated carbocycles. The van der Waals surface area contributed by atoms with Gasteiger partial charge in [0.2, 0.25) is 0 Å². The predicted octanol–water partition coefficient (Wildman–Crippen LogP) is 5.23. The second kappa shape index (κ2) is 9.03. The first-order valence-corrected chi connectivity index (χ1v) is 9.35. The van der Waals surface area contributed by atoms with Gasteiger partial charge in [-0.1, -0.05) is 0 Å². The number of hydrogen-bond donors (Lipinski definition) is 2. The Morgan fingerprint density at radius 3 is 2.30 bits per heavy atom. The summed E-state index contributed by atoms with van der Waals surface area (Å²) in [6.07, 6.45) is -1.97. The fourth-order valence-corrected chi connectivity index (χ4v) is 3.28. The summed E-state index contributed by atoms with van der Waals surface area (Å²) in [5.41, 5.74) is -0.591. The largest absolute Gasteiger partial charge is 0.490 e. The summed E-state index contributed by atoms with van der Waals surface area (Å²) < 4.78 is 57.2. The van der Waals surface area contributed by atoms with Crippen LogP contribution in [0.3, 0.4) is 0 Å². The van der Waals surface area contributed by atoms with Crippen LogP contribution in [0.1, 0.15) is 36.8 Å². The molecule has 1 fully saturated rings. The van der Waals surface area contributed by atoms with Gasteiger partial charge in [-0.3, -0.25) is 0 Å². The molecule has 0 unspecified atom stereocenters. The van der Waals surface area contributed by atoms with E-state index in [1.165, 1.54) is 24.3 Å². The zero-order valence-corrected chi connectivity index (χ0v) is 15.8. The third-order valence-corrected chi connectivity index (χ3v) is 4.84. The van der Waals surface area contributed by atoms with Crippen molar-refractivity contribution < 1.29 is 27.1 Å². The number of nitriles is 1. The Labute approximate surface area is 170 Å². The Bertz CT molecular complexity index is 931. The highest BCUT2D eigenvalue weighted by Crippen LogP contribution is 2.31. The molecular formula is C21H19F4N3O2. The van der Waals surface area contributed by atoms with Gasteiger partial charge in [0, 0.05) is 11.7 Å². The van der Waals surface area contributed by atoms with Crippen molar-refractivity contribution in [3.05, 3.63) is 59.4 Å². The molecule has 0 aromatic heterocycles. The van der Waals surface area contributed by atoms with E-state index in [-0.39, 0.29) is 23.4 Å². The molecule has 1 aliphatic rings. The summed E-state index contributed by atoms with van der Waals surface area (Å²) in [5, 5.41) is 14.1. The van der Waals surface area contributed by atoms with Crippen molar-refractivity contribution in [3.8, 4) is 11.8 Å². The summed E-state index contributed by atoms with van der Waals surface area (Å²) in [5.74, 6) is -0.337. The fourth-order valence-electron chi connectivity index (χ4n) is 3.28. The zero-order valence-electron chi connectivity index (χ0n) is 15.8. The maximum atomic E-state index is 13.6. The molecule has 9 heteroatoms. The number of benzene rings is 2. The first-order chi connectivity index (χ1) is 14.2. The molecule has 2 aromatic carbocycles. The molecule has 2 aromatic rings. The Kier molecular flexibility index (Phi) is 6.45. The second-order valence-corrected chi connectivity index (χ2v) is 7.02. The maximum absolute atomic E-state index is 13.6. The topological polar surface area (TPSA) is 74.2 Å². The van der Waals surface area contributed by atoms with Gasteiger partial charge >= 0.3 is 12.2 Å². The highest BCUT2D eigenvalue weighted by molar-refractivity contribution is 5.89. The van der Waals surface area contributed by atoms with Crippen LogP contribution in [0.5, 0.6) is 5.75 Å². The standard InChI is InChI=1S/C21H19F4N3O2/c22-19-11-16(4-1-13(19)12-26)28-20(29)27-15-5-9-18(10-6-15)30-17-7-2-14(3-8-17)21(23,24)25/h1-4,7-8,11,15,18H,5-6,9-10H2,(H2,27,28,29)/t15-,18-. The summed E-state index contributed by atoms with van der Waals surface area (Å²) in [6.45, 7) is 0. The van der Waals surface area contributed by atoms with E-state index in [0.717, 1.165) is 18.2 Å². The van der Waals surface area contributed by atoms with E-state index >= 15 is 0 Å². The Morgan fingerprint density at radius 2 is 1.73 bits per heavy atom. The second-order valence-electron chi connectivity index (χ2n) is 7.02. The van der Waals surface area contributed by atoms with Gasteiger partial charge in [0.15, 0.2) is 0 Å². The molecule has 2 N–H and O–H groups in total. The Hall–Kier alpha value is -3.28. The van der Waals surface area contributed by atoms with Crippen molar-refractivity contribution in [2.24, 2.45) is 0 Å². The minimum atomic E-state index is -4.38. The van der Waals surface area contributed by atoms with Crippen LogP contribution < -0.4 is 15.4 Å². The number of hydrogen-bond acceptors (Lipinski definition) is 3. The van der Waals surface area contributed by atoms with Crippen molar-refractivity contribution in [2.75, 3.05) is 5.32 Å². The van der Waals surface area contributed by atoms with Gasteiger partial charge in [0.25, 0.3) is 0 Å². The number of nitrogens with one attached hydrogen (secondary N) is 2. The van der Waals surface area contributed by atoms with Crippen molar-refractivity contribution in [2.45, 2.75) is 44.0 Å². The average molecular weight is 421 g/mol. The molecule has 3 rings (SSSR count). The van der Waals surface area contributed by atoms with Crippen molar-refractivity contribution >= 4 is 11.7 Å². The number of alkyl halides is 3. The quantitative estimate of drug-likeness (QED) is 0.664. The minimum Gasteiger partial charge on any atom is -0.490 e. The molecule has 0 aliphatic heterocycles. The van der Waals surface area contributed by atoms with Gasteiger partial charge in [-0.2, -0.15) is 18.4 Å². The summed E-state index contributed by atoms with van der Waals surface area (Å²) in [6, 6.07) is 9.51. The Morgan fingerprint density at radius 1 is 1.07 bits per heavy atom. The molecule has 158 valence electrons. The van der Waals surface area contributed by atoms with Crippen LogP contribution in [-0.2, 0) is 6.18 Å². The lowest BCUT2D eigenvalue weighted by Crippen LogP contribution is -2.41. The monoisotopic (exact) mass is 421 g/mol. The van der Waals surface area contributed by atoms with Crippen molar-refractivity contribution in [3.63, 3.8) is 0 Å². The third kappa shape index (κ3) is 5.63. The lowest BCUT2D eigenvalue weighted by Gasteiger charge is -2.29. The van der Waals surface area contributed by atoms with E-state index in [1.54, 1.807) is 6.07 Å². The molecule has 0 saturated heterocycles. The number of ether oxygens (including phenoxy) is 1. The molecule has 30 heavy (non-hydrogen) atoms. The molecule has 0 atom stereocenters. The normalized spacial score (nSPS) is 18.9. The molecule has 0 radical (unpaired) electrons. The lowest BCUT2D eigenvalue weighted by atomic mass is 9.93. The van der Waals surface area contributed by atoms with Crippen molar-refractivity contribution in [1.29, 1.82) is 5.26 Å². The summed E-state index contributed by atoms with van der Waals surface area (Å²) in [4.78, 5) is 12.1. The number of amides is 2. The van der Waals surface area contributed by atoms with Gasteiger partial charge in [-0.05, 0) is 68.1 Å². The predicted molar refractivity (Wildman–Crippen MR) is 101 cm³/mol. The van der Waals surface area contributed by atoms with E-state index in [2.05, 4.69) is 10.6 Å². The van der Waals surface area contributed by atoms with Gasteiger partial charge < -0.3 is 15.4 Å². The average Bonchev–Trinajstić information content (AvgIpc) is 2.69. The smallest absolute Gasteiger partial charge is 0.416 e. The number of rotatable bonds is 4. The van der Waals surface area contributed by atoms with E-state index < -0.39 is 23.6 Å². The van der Waals surface area contributed by atoms with Crippen molar-refractivity contribution in [1.82, 2.24) is 5.32 Å². The number of halogens is 4. The minimum absolute atomic E-state index is 0.0966. The number of carbonyl (C=O) groups is 1.